The molecule has 1 aromatic carbocycles. The molecule has 0 radical (unpaired) electrons. The number of rotatable bonds is 4. The second kappa shape index (κ2) is 4.87. The molecule has 1 fully saturated rings. The summed E-state index contributed by atoms with van der Waals surface area (Å²) in [6.45, 7) is 1.77. The van der Waals surface area contributed by atoms with Crippen molar-refractivity contribution < 1.29 is 14.7 Å². The average molecular weight is 287 g/mol. The van der Waals surface area contributed by atoms with Crippen LogP contribution in [0, 0.1) is 0 Å². The molecule has 1 amide bonds. The van der Waals surface area contributed by atoms with Gasteiger partial charge in [0.05, 0.1) is 16.6 Å². The van der Waals surface area contributed by atoms with Crippen molar-refractivity contribution in [2.45, 2.75) is 31.7 Å². The summed E-state index contributed by atoms with van der Waals surface area (Å²) in [6.07, 6.45) is 2.07. The third-order valence-corrected chi connectivity index (χ3v) is 3.92. The molecule has 1 unspecified atom stereocenters. The Balaban J connectivity index is 2.29. The van der Waals surface area contributed by atoms with Crippen LogP contribution in [0.4, 0.5) is 0 Å². The minimum Gasteiger partial charge on any atom is -0.478 e. The number of hydrogen-bond acceptors (Lipinski definition) is 3. The van der Waals surface area contributed by atoms with Crippen LogP contribution in [-0.4, -0.2) is 33.6 Å². The Morgan fingerprint density at radius 3 is 2.71 bits per heavy atom. The van der Waals surface area contributed by atoms with E-state index in [2.05, 4.69) is 10.3 Å². The monoisotopic (exact) mass is 287 g/mol. The lowest BCUT2D eigenvalue weighted by molar-refractivity contribution is -0.123. The van der Waals surface area contributed by atoms with Crippen molar-refractivity contribution in [1.29, 1.82) is 0 Å². The van der Waals surface area contributed by atoms with E-state index >= 15 is 0 Å². The molecular weight excluding hydrogens is 270 g/mol. The van der Waals surface area contributed by atoms with Crippen molar-refractivity contribution in [3.05, 3.63) is 29.6 Å². The maximum atomic E-state index is 12.0. The Kier molecular flexibility index (Phi) is 3.16. The normalized spacial score (nSPS) is 15.9. The predicted octanol–water partition coefficient (Wildman–Crippen LogP) is 1.92. The third-order valence-electron chi connectivity index (χ3n) is 3.92. The maximum absolute atomic E-state index is 12.0. The number of likely N-dealkylation sites (N-methyl/N-ethyl adjacent to an activating group) is 1. The fourth-order valence-electron chi connectivity index (χ4n) is 2.69. The molecular formula is C15H17N3O3. The molecule has 1 aliphatic carbocycles. The van der Waals surface area contributed by atoms with Crippen molar-refractivity contribution in [3.8, 4) is 0 Å². The Labute approximate surface area is 121 Å². The van der Waals surface area contributed by atoms with Crippen LogP contribution in [0.25, 0.3) is 11.0 Å². The maximum Gasteiger partial charge on any atom is 0.337 e. The van der Waals surface area contributed by atoms with E-state index in [1.54, 1.807) is 36.7 Å². The number of aromatic carboxylic acids is 1. The van der Waals surface area contributed by atoms with E-state index in [1.165, 1.54) is 0 Å². The van der Waals surface area contributed by atoms with E-state index in [9.17, 15) is 14.7 Å². The van der Waals surface area contributed by atoms with Crippen LogP contribution < -0.4 is 5.32 Å². The fraction of sp³-hybridized carbons (Fsp3) is 0.400. The van der Waals surface area contributed by atoms with E-state index in [1.807, 2.05) is 0 Å². The van der Waals surface area contributed by atoms with E-state index in [4.69, 9.17) is 0 Å². The second-order valence-electron chi connectivity index (χ2n) is 5.38. The van der Waals surface area contributed by atoms with Crippen LogP contribution in [0.1, 0.15) is 47.9 Å². The number of benzene rings is 1. The minimum atomic E-state index is -1.01. The van der Waals surface area contributed by atoms with Gasteiger partial charge in [-0.25, -0.2) is 9.78 Å². The standard InChI is InChI=1S/C15H17N3O3/c1-8(14(19)16-2)18-12-10(15(20)21)4-3-5-11(12)17-13(18)9-6-7-9/h3-5,8-9H,6-7H2,1-2H3,(H,16,19)(H,20,21). The van der Waals surface area contributed by atoms with Crippen LogP contribution in [-0.2, 0) is 4.79 Å². The number of nitrogens with zero attached hydrogens (tertiary/aromatic N) is 2. The van der Waals surface area contributed by atoms with Crippen LogP contribution in [0.15, 0.2) is 18.2 Å². The molecule has 1 aromatic heterocycles. The molecule has 1 heterocycles. The Morgan fingerprint density at radius 1 is 1.43 bits per heavy atom. The third kappa shape index (κ3) is 2.16. The number of hydrogen-bond donors (Lipinski definition) is 2. The highest BCUT2D eigenvalue weighted by molar-refractivity contribution is 6.02. The molecule has 1 aliphatic rings. The quantitative estimate of drug-likeness (QED) is 0.899. The lowest BCUT2D eigenvalue weighted by Gasteiger charge is -2.17. The number of amides is 1. The van der Waals surface area contributed by atoms with Crippen molar-refractivity contribution in [3.63, 3.8) is 0 Å². The summed E-state index contributed by atoms with van der Waals surface area (Å²) in [5.41, 5.74) is 1.35. The predicted molar refractivity (Wildman–Crippen MR) is 77.4 cm³/mol. The first-order chi connectivity index (χ1) is 10.0. The molecule has 6 heteroatoms. The van der Waals surface area contributed by atoms with Gasteiger partial charge in [0.1, 0.15) is 11.9 Å². The zero-order valence-corrected chi connectivity index (χ0v) is 12.0. The van der Waals surface area contributed by atoms with Gasteiger partial charge >= 0.3 is 5.97 Å². The van der Waals surface area contributed by atoms with Gasteiger partial charge in [0, 0.05) is 13.0 Å². The molecule has 0 spiro atoms. The zero-order valence-electron chi connectivity index (χ0n) is 12.0. The number of carboxylic acid groups (broad SMARTS) is 1. The molecule has 2 N–H and O–H groups in total. The van der Waals surface area contributed by atoms with E-state index in [0.29, 0.717) is 17.0 Å². The molecule has 2 aromatic rings. The van der Waals surface area contributed by atoms with Gasteiger partial charge in [0.15, 0.2) is 0 Å². The fourth-order valence-corrected chi connectivity index (χ4v) is 2.69. The number of carbonyl (C=O) groups is 2. The highest BCUT2D eigenvalue weighted by Gasteiger charge is 2.33. The second-order valence-corrected chi connectivity index (χ2v) is 5.38. The Bertz CT molecular complexity index is 731. The molecule has 3 rings (SSSR count). The SMILES string of the molecule is CNC(=O)C(C)n1c(C2CC2)nc2cccc(C(=O)O)c21. The number of carboxylic acids is 1. The number of fused-ring (bicyclic) bond motifs is 1. The number of nitrogens with one attached hydrogen (secondary N) is 1. The van der Waals surface area contributed by atoms with Gasteiger partial charge < -0.3 is 15.0 Å². The lowest BCUT2D eigenvalue weighted by atomic mass is 10.1. The van der Waals surface area contributed by atoms with Gasteiger partial charge in [-0.2, -0.15) is 0 Å². The Hall–Kier alpha value is -2.37. The van der Waals surface area contributed by atoms with Crippen molar-refractivity contribution in [1.82, 2.24) is 14.9 Å². The van der Waals surface area contributed by atoms with Gasteiger partial charge in [0.2, 0.25) is 5.91 Å². The summed E-state index contributed by atoms with van der Waals surface area (Å²) in [5, 5.41) is 12.0. The first kappa shape index (κ1) is 13.6. The molecule has 1 atom stereocenters. The smallest absolute Gasteiger partial charge is 0.337 e. The first-order valence-electron chi connectivity index (χ1n) is 7.00. The van der Waals surface area contributed by atoms with Crippen LogP contribution in [0.2, 0.25) is 0 Å². The largest absolute Gasteiger partial charge is 0.478 e. The molecule has 0 bridgehead atoms. The lowest BCUT2D eigenvalue weighted by Crippen LogP contribution is -2.29. The van der Waals surface area contributed by atoms with Crippen LogP contribution in [0.3, 0.4) is 0 Å². The average Bonchev–Trinajstić information content (AvgIpc) is 3.25. The van der Waals surface area contributed by atoms with Gasteiger partial charge in [0.25, 0.3) is 0 Å². The zero-order chi connectivity index (χ0) is 15.1. The van der Waals surface area contributed by atoms with Gasteiger partial charge in [-0.3, -0.25) is 4.79 Å². The number of carbonyl (C=O) groups excluding carboxylic acids is 1. The molecule has 6 nitrogen and oxygen atoms in total. The molecule has 21 heavy (non-hydrogen) atoms. The van der Waals surface area contributed by atoms with E-state index < -0.39 is 12.0 Å². The molecule has 110 valence electrons. The summed E-state index contributed by atoms with van der Waals surface area (Å²) in [5.74, 6) is -0.0226. The molecule has 0 aliphatic heterocycles. The summed E-state index contributed by atoms with van der Waals surface area (Å²) >= 11 is 0. The molecule has 1 saturated carbocycles. The van der Waals surface area contributed by atoms with Crippen molar-refractivity contribution in [2.24, 2.45) is 0 Å². The number of para-hydroxylation sites is 1. The van der Waals surface area contributed by atoms with Crippen LogP contribution in [0.5, 0.6) is 0 Å². The van der Waals surface area contributed by atoms with Gasteiger partial charge in [-0.1, -0.05) is 6.07 Å². The Morgan fingerprint density at radius 2 is 2.14 bits per heavy atom. The van der Waals surface area contributed by atoms with Gasteiger partial charge in [-0.05, 0) is 31.9 Å². The van der Waals surface area contributed by atoms with Crippen molar-refractivity contribution in [2.75, 3.05) is 7.05 Å². The van der Waals surface area contributed by atoms with Crippen LogP contribution >= 0.6 is 0 Å². The summed E-state index contributed by atoms with van der Waals surface area (Å²) in [4.78, 5) is 28.1. The summed E-state index contributed by atoms with van der Waals surface area (Å²) in [7, 11) is 1.58. The topological polar surface area (TPSA) is 84.2 Å². The van der Waals surface area contributed by atoms with Crippen molar-refractivity contribution >= 4 is 22.9 Å². The number of aromatic nitrogens is 2. The van der Waals surface area contributed by atoms with E-state index in [0.717, 1.165) is 18.7 Å². The highest BCUT2D eigenvalue weighted by atomic mass is 16.4. The van der Waals surface area contributed by atoms with E-state index in [-0.39, 0.29) is 11.5 Å². The number of imidazole rings is 1. The summed E-state index contributed by atoms with van der Waals surface area (Å²) < 4.78 is 1.79. The minimum absolute atomic E-state index is 0.156. The molecule has 0 saturated heterocycles. The van der Waals surface area contributed by atoms with Gasteiger partial charge in [-0.15, -0.1) is 0 Å². The first-order valence-corrected chi connectivity index (χ1v) is 7.00. The summed E-state index contributed by atoms with van der Waals surface area (Å²) in [6, 6.07) is 4.54. The highest BCUT2D eigenvalue weighted by Crippen LogP contribution is 2.42.